The van der Waals surface area contributed by atoms with E-state index in [1.165, 1.54) is 0 Å². The first-order chi connectivity index (χ1) is 12.1. The summed E-state index contributed by atoms with van der Waals surface area (Å²) in [4.78, 5) is 12.3. The lowest BCUT2D eigenvalue weighted by atomic mass is 10.2. The van der Waals surface area contributed by atoms with Gasteiger partial charge in [0.1, 0.15) is 11.6 Å². The maximum Gasteiger partial charge on any atom is 0.148 e. The molecule has 1 aliphatic heterocycles. The lowest BCUT2D eigenvalue weighted by Gasteiger charge is -2.35. The van der Waals surface area contributed by atoms with Gasteiger partial charge in [-0.2, -0.15) is 0 Å². The average Bonchev–Trinajstić information content (AvgIpc) is 3.04. The summed E-state index contributed by atoms with van der Waals surface area (Å²) in [5.41, 5.74) is 3.05. The van der Waals surface area contributed by atoms with Crippen LogP contribution < -0.4 is 4.90 Å². The fraction of sp³-hybridized carbons (Fsp3) is 0.316. The Morgan fingerprint density at radius 2 is 1.84 bits per heavy atom. The van der Waals surface area contributed by atoms with Crippen LogP contribution in [-0.4, -0.2) is 47.6 Å². The van der Waals surface area contributed by atoms with Gasteiger partial charge in [0.15, 0.2) is 0 Å². The Balaban J connectivity index is 1.66. The van der Waals surface area contributed by atoms with Gasteiger partial charge in [-0.05, 0) is 36.9 Å². The van der Waals surface area contributed by atoms with Crippen molar-refractivity contribution in [2.24, 2.45) is 0 Å². The molecule has 0 bridgehead atoms. The maximum atomic E-state index is 14.6. The zero-order valence-corrected chi connectivity index (χ0v) is 14.9. The van der Waals surface area contributed by atoms with Crippen LogP contribution in [0, 0.1) is 5.82 Å². The van der Waals surface area contributed by atoms with Gasteiger partial charge >= 0.3 is 0 Å². The SMILES string of the molecule is CCN1CCN(c2cc3nc(-c4ccc(Cl)cc4)[nH]c3cc2F)CC1. The predicted molar refractivity (Wildman–Crippen MR) is 101 cm³/mol. The highest BCUT2D eigenvalue weighted by Gasteiger charge is 2.20. The van der Waals surface area contributed by atoms with E-state index >= 15 is 0 Å². The largest absolute Gasteiger partial charge is 0.367 e. The topological polar surface area (TPSA) is 35.2 Å². The normalized spacial score (nSPS) is 15.9. The second-order valence-corrected chi connectivity index (χ2v) is 6.77. The highest BCUT2D eigenvalue weighted by molar-refractivity contribution is 6.30. The Kier molecular flexibility index (Phi) is 4.36. The van der Waals surface area contributed by atoms with E-state index in [-0.39, 0.29) is 5.82 Å². The van der Waals surface area contributed by atoms with Gasteiger partial charge in [-0.1, -0.05) is 18.5 Å². The van der Waals surface area contributed by atoms with Crippen LogP contribution in [0.4, 0.5) is 10.1 Å². The maximum absolute atomic E-state index is 14.6. The van der Waals surface area contributed by atoms with Crippen LogP contribution in [0.5, 0.6) is 0 Å². The molecule has 0 radical (unpaired) electrons. The summed E-state index contributed by atoms with van der Waals surface area (Å²) in [5.74, 6) is 0.516. The van der Waals surface area contributed by atoms with Gasteiger partial charge < -0.3 is 14.8 Å². The third-order valence-electron chi connectivity index (χ3n) is 4.83. The zero-order chi connectivity index (χ0) is 17.4. The third kappa shape index (κ3) is 3.22. The van der Waals surface area contributed by atoms with E-state index in [1.807, 2.05) is 30.3 Å². The number of hydrogen-bond acceptors (Lipinski definition) is 3. The second-order valence-electron chi connectivity index (χ2n) is 6.33. The Bertz CT molecular complexity index is 882. The molecule has 3 aromatic rings. The van der Waals surface area contributed by atoms with Crippen molar-refractivity contribution in [2.45, 2.75) is 6.92 Å². The number of H-pyrrole nitrogens is 1. The highest BCUT2D eigenvalue weighted by atomic mass is 35.5. The first-order valence-electron chi connectivity index (χ1n) is 8.56. The summed E-state index contributed by atoms with van der Waals surface area (Å²) < 4.78 is 14.6. The van der Waals surface area contributed by atoms with E-state index < -0.39 is 0 Å². The minimum Gasteiger partial charge on any atom is -0.367 e. The number of halogens is 2. The number of imidazole rings is 1. The number of hydrogen-bond donors (Lipinski definition) is 1. The first kappa shape index (κ1) is 16.4. The first-order valence-corrected chi connectivity index (χ1v) is 8.94. The van der Waals surface area contributed by atoms with Crippen molar-refractivity contribution in [2.75, 3.05) is 37.6 Å². The van der Waals surface area contributed by atoms with E-state index in [4.69, 9.17) is 11.6 Å². The standard InChI is InChI=1S/C19H20ClFN4/c1-2-24-7-9-25(10-8-24)18-12-17-16(11-15(18)21)22-19(23-17)13-3-5-14(20)6-4-13/h3-6,11-12H,2,7-10H2,1H3,(H,22,23). The van der Waals surface area contributed by atoms with Crippen LogP contribution in [0.25, 0.3) is 22.4 Å². The summed E-state index contributed by atoms with van der Waals surface area (Å²) in [6, 6.07) is 10.8. The molecule has 1 aromatic heterocycles. The van der Waals surface area contributed by atoms with Crippen LogP contribution in [0.15, 0.2) is 36.4 Å². The van der Waals surface area contributed by atoms with Crippen LogP contribution in [-0.2, 0) is 0 Å². The Morgan fingerprint density at radius 3 is 2.52 bits per heavy atom. The van der Waals surface area contributed by atoms with E-state index in [1.54, 1.807) is 6.07 Å². The molecule has 1 aliphatic rings. The number of benzene rings is 2. The zero-order valence-electron chi connectivity index (χ0n) is 14.1. The molecule has 25 heavy (non-hydrogen) atoms. The molecule has 2 aromatic carbocycles. The molecular formula is C19H20ClFN4. The van der Waals surface area contributed by atoms with Gasteiger partial charge in [0.25, 0.3) is 0 Å². The van der Waals surface area contributed by atoms with Gasteiger partial charge in [-0.15, -0.1) is 0 Å². The number of nitrogens with one attached hydrogen (secondary N) is 1. The molecule has 4 nitrogen and oxygen atoms in total. The third-order valence-corrected chi connectivity index (χ3v) is 5.08. The molecule has 2 heterocycles. The summed E-state index contributed by atoms with van der Waals surface area (Å²) in [6.45, 7) is 6.80. The fourth-order valence-electron chi connectivity index (χ4n) is 3.31. The van der Waals surface area contributed by atoms with Crippen molar-refractivity contribution >= 4 is 28.3 Å². The summed E-state index contributed by atoms with van der Waals surface area (Å²) in [7, 11) is 0. The van der Waals surface area contributed by atoms with E-state index in [0.29, 0.717) is 16.2 Å². The molecule has 130 valence electrons. The van der Waals surface area contributed by atoms with Gasteiger partial charge in [-0.3, -0.25) is 0 Å². The highest BCUT2D eigenvalue weighted by Crippen LogP contribution is 2.28. The quantitative estimate of drug-likeness (QED) is 0.763. The predicted octanol–water partition coefficient (Wildman–Crippen LogP) is 4.16. The van der Waals surface area contributed by atoms with Crippen LogP contribution in [0.1, 0.15) is 6.92 Å². The lowest BCUT2D eigenvalue weighted by molar-refractivity contribution is 0.270. The fourth-order valence-corrected chi connectivity index (χ4v) is 3.44. The van der Waals surface area contributed by atoms with Gasteiger partial charge in [0, 0.05) is 42.8 Å². The summed E-state index contributed by atoms with van der Waals surface area (Å²) in [5, 5.41) is 0.680. The number of piperazine rings is 1. The van der Waals surface area contributed by atoms with Gasteiger partial charge in [0.2, 0.25) is 0 Å². The Hall–Kier alpha value is -2.11. The van der Waals surface area contributed by atoms with Crippen molar-refractivity contribution in [3.05, 3.63) is 47.2 Å². The molecular weight excluding hydrogens is 339 g/mol. The molecule has 0 atom stereocenters. The smallest absolute Gasteiger partial charge is 0.148 e. The molecule has 1 N–H and O–H groups in total. The van der Waals surface area contributed by atoms with Crippen LogP contribution in [0.2, 0.25) is 5.02 Å². The van der Waals surface area contributed by atoms with Crippen molar-refractivity contribution in [1.82, 2.24) is 14.9 Å². The van der Waals surface area contributed by atoms with E-state index in [0.717, 1.165) is 49.6 Å². The lowest BCUT2D eigenvalue weighted by Crippen LogP contribution is -2.46. The van der Waals surface area contributed by atoms with E-state index in [9.17, 15) is 4.39 Å². The number of nitrogens with zero attached hydrogens (tertiary/aromatic N) is 3. The molecule has 0 amide bonds. The molecule has 0 saturated carbocycles. The Labute approximate surface area is 151 Å². The molecule has 1 fully saturated rings. The molecule has 1 saturated heterocycles. The van der Waals surface area contributed by atoms with Crippen molar-refractivity contribution in [3.8, 4) is 11.4 Å². The van der Waals surface area contributed by atoms with Crippen molar-refractivity contribution in [1.29, 1.82) is 0 Å². The minimum absolute atomic E-state index is 0.205. The molecule has 4 rings (SSSR count). The summed E-state index contributed by atoms with van der Waals surface area (Å²) in [6.07, 6.45) is 0. The summed E-state index contributed by atoms with van der Waals surface area (Å²) >= 11 is 5.94. The number of anilines is 1. The monoisotopic (exact) mass is 358 g/mol. The Morgan fingerprint density at radius 1 is 1.12 bits per heavy atom. The van der Waals surface area contributed by atoms with Crippen molar-refractivity contribution < 1.29 is 4.39 Å². The number of aromatic amines is 1. The van der Waals surface area contributed by atoms with Crippen LogP contribution in [0.3, 0.4) is 0 Å². The number of likely N-dealkylation sites (N-methyl/N-ethyl adjacent to an activating group) is 1. The van der Waals surface area contributed by atoms with Crippen molar-refractivity contribution in [3.63, 3.8) is 0 Å². The van der Waals surface area contributed by atoms with E-state index in [2.05, 4.69) is 26.7 Å². The minimum atomic E-state index is -0.205. The molecule has 0 spiro atoms. The second kappa shape index (κ2) is 6.65. The molecule has 6 heteroatoms. The number of fused-ring (bicyclic) bond motifs is 1. The molecule has 0 aliphatic carbocycles. The van der Waals surface area contributed by atoms with Gasteiger partial charge in [0.05, 0.1) is 16.7 Å². The van der Waals surface area contributed by atoms with Crippen LogP contribution >= 0.6 is 11.6 Å². The average molecular weight is 359 g/mol. The molecule has 0 unspecified atom stereocenters. The number of rotatable bonds is 3. The van der Waals surface area contributed by atoms with Gasteiger partial charge in [-0.25, -0.2) is 9.37 Å². The number of aromatic nitrogens is 2.